The Labute approximate surface area is 118 Å². The highest BCUT2D eigenvalue weighted by Crippen LogP contribution is 2.28. The number of aryl methyl sites for hydroxylation is 2. The van der Waals surface area contributed by atoms with Crippen molar-refractivity contribution in [2.45, 2.75) is 39.3 Å². The van der Waals surface area contributed by atoms with Crippen molar-refractivity contribution in [3.63, 3.8) is 0 Å². The molecule has 2 aromatic rings. The molecule has 1 saturated carbocycles. The highest BCUT2D eigenvalue weighted by molar-refractivity contribution is 5.69. The molecule has 4 heteroatoms. The molecule has 0 bridgehead atoms. The second-order valence-corrected chi connectivity index (χ2v) is 5.63. The van der Waals surface area contributed by atoms with Gasteiger partial charge in [-0.05, 0) is 44.4 Å². The molecule has 1 N–H and O–H groups in total. The summed E-state index contributed by atoms with van der Waals surface area (Å²) >= 11 is 0. The van der Waals surface area contributed by atoms with E-state index in [9.17, 15) is 4.39 Å². The van der Waals surface area contributed by atoms with Crippen molar-refractivity contribution in [3.05, 3.63) is 41.0 Å². The minimum atomic E-state index is -0.138. The van der Waals surface area contributed by atoms with Crippen LogP contribution in [0.25, 0.3) is 11.1 Å². The summed E-state index contributed by atoms with van der Waals surface area (Å²) in [5.41, 5.74) is 4.98. The van der Waals surface area contributed by atoms with Crippen LogP contribution < -0.4 is 5.32 Å². The average molecular weight is 273 g/mol. The summed E-state index contributed by atoms with van der Waals surface area (Å²) in [6.07, 6.45) is 2.42. The molecule has 0 spiro atoms. The van der Waals surface area contributed by atoms with Crippen molar-refractivity contribution in [2.75, 3.05) is 0 Å². The third-order valence-electron chi connectivity index (χ3n) is 4.00. The first-order valence-corrected chi connectivity index (χ1v) is 7.08. The van der Waals surface area contributed by atoms with E-state index in [-0.39, 0.29) is 5.82 Å². The Kier molecular flexibility index (Phi) is 3.34. The Morgan fingerprint density at radius 1 is 1.35 bits per heavy atom. The van der Waals surface area contributed by atoms with Gasteiger partial charge in [-0.15, -0.1) is 0 Å². The fourth-order valence-electron chi connectivity index (χ4n) is 2.60. The summed E-state index contributed by atoms with van der Waals surface area (Å²) in [6, 6.07) is 5.93. The topological polar surface area (TPSA) is 29.9 Å². The van der Waals surface area contributed by atoms with Gasteiger partial charge < -0.3 is 5.32 Å². The molecule has 106 valence electrons. The summed E-state index contributed by atoms with van der Waals surface area (Å²) in [6.45, 7) is 4.64. The molecule has 3 nitrogen and oxygen atoms in total. The zero-order valence-corrected chi connectivity index (χ0v) is 12.2. The summed E-state index contributed by atoms with van der Waals surface area (Å²) in [5.74, 6) is -0.138. The van der Waals surface area contributed by atoms with Gasteiger partial charge in [0.25, 0.3) is 0 Å². The van der Waals surface area contributed by atoms with Gasteiger partial charge in [0, 0.05) is 36.5 Å². The van der Waals surface area contributed by atoms with E-state index in [0.29, 0.717) is 12.6 Å². The van der Waals surface area contributed by atoms with Crippen LogP contribution in [0.1, 0.15) is 29.8 Å². The summed E-state index contributed by atoms with van der Waals surface area (Å²) in [7, 11) is 1.94. The average Bonchev–Trinajstić information content (AvgIpc) is 3.19. The van der Waals surface area contributed by atoms with Crippen LogP contribution in [0.15, 0.2) is 18.2 Å². The number of hydrogen-bond donors (Lipinski definition) is 1. The fourth-order valence-corrected chi connectivity index (χ4v) is 2.60. The molecule has 0 amide bonds. The van der Waals surface area contributed by atoms with Crippen molar-refractivity contribution in [1.82, 2.24) is 15.1 Å². The van der Waals surface area contributed by atoms with Gasteiger partial charge in [-0.25, -0.2) is 4.39 Å². The minimum Gasteiger partial charge on any atom is -0.310 e. The maximum absolute atomic E-state index is 13.9. The number of hydrogen-bond acceptors (Lipinski definition) is 2. The molecule has 1 fully saturated rings. The first kappa shape index (κ1) is 13.3. The van der Waals surface area contributed by atoms with Crippen LogP contribution in [0.5, 0.6) is 0 Å². The van der Waals surface area contributed by atoms with E-state index >= 15 is 0 Å². The van der Waals surface area contributed by atoms with E-state index < -0.39 is 0 Å². The Balaban J connectivity index is 1.94. The number of halogens is 1. The van der Waals surface area contributed by atoms with Crippen LogP contribution in [0, 0.1) is 19.7 Å². The Morgan fingerprint density at radius 3 is 2.70 bits per heavy atom. The lowest BCUT2D eigenvalue weighted by Gasteiger charge is -2.08. The Hall–Kier alpha value is -1.68. The maximum atomic E-state index is 13.9. The van der Waals surface area contributed by atoms with Crippen LogP contribution in [0.3, 0.4) is 0 Å². The van der Waals surface area contributed by atoms with Crippen LogP contribution >= 0.6 is 0 Å². The van der Waals surface area contributed by atoms with Crippen molar-refractivity contribution < 1.29 is 4.39 Å². The van der Waals surface area contributed by atoms with Gasteiger partial charge in [-0.1, -0.05) is 6.07 Å². The van der Waals surface area contributed by atoms with Gasteiger partial charge in [-0.3, -0.25) is 4.68 Å². The van der Waals surface area contributed by atoms with Crippen molar-refractivity contribution in [1.29, 1.82) is 0 Å². The number of benzene rings is 1. The number of rotatable bonds is 4. The van der Waals surface area contributed by atoms with Crippen LogP contribution in [0.2, 0.25) is 0 Å². The highest BCUT2D eigenvalue weighted by atomic mass is 19.1. The maximum Gasteiger partial charge on any atom is 0.127 e. The molecule has 0 atom stereocenters. The highest BCUT2D eigenvalue weighted by Gasteiger charge is 2.21. The summed E-state index contributed by atoms with van der Waals surface area (Å²) in [5, 5.41) is 7.80. The molecule has 20 heavy (non-hydrogen) atoms. The van der Waals surface area contributed by atoms with E-state index in [1.54, 1.807) is 6.07 Å². The van der Waals surface area contributed by atoms with Gasteiger partial charge >= 0.3 is 0 Å². The zero-order chi connectivity index (χ0) is 14.3. The first-order valence-electron chi connectivity index (χ1n) is 7.08. The molecule has 1 aromatic carbocycles. The van der Waals surface area contributed by atoms with Crippen molar-refractivity contribution in [2.24, 2.45) is 7.05 Å². The van der Waals surface area contributed by atoms with Crippen LogP contribution in [-0.2, 0) is 13.6 Å². The van der Waals surface area contributed by atoms with E-state index in [0.717, 1.165) is 28.1 Å². The van der Waals surface area contributed by atoms with E-state index in [1.807, 2.05) is 37.7 Å². The summed E-state index contributed by atoms with van der Waals surface area (Å²) < 4.78 is 15.8. The van der Waals surface area contributed by atoms with Gasteiger partial charge in [-0.2, -0.15) is 5.10 Å². The molecular weight excluding hydrogens is 253 g/mol. The van der Waals surface area contributed by atoms with E-state index in [1.165, 1.54) is 12.8 Å². The molecular formula is C16H20FN3. The normalized spacial score (nSPS) is 14.8. The fraction of sp³-hybridized carbons (Fsp3) is 0.438. The molecule has 0 saturated heterocycles. The smallest absolute Gasteiger partial charge is 0.127 e. The quantitative estimate of drug-likeness (QED) is 0.927. The van der Waals surface area contributed by atoms with Gasteiger partial charge in [0.2, 0.25) is 0 Å². The monoisotopic (exact) mass is 273 g/mol. The zero-order valence-electron chi connectivity index (χ0n) is 12.2. The first-order chi connectivity index (χ1) is 9.56. The lowest BCUT2D eigenvalue weighted by atomic mass is 10.0. The number of nitrogens with one attached hydrogen (secondary N) is 1. The molecule has 0 radical (unpaired) electrons. The standard InChI is InChI=1S/C16H20FN3/c1-10-16(11(2)20(3)19-10)12-4-7-15(17)13(8-12)9-18-14-5-6-14/h4,7-8,14,18H,5-6,9H2,1-3H3. The molecule has 1 aliphatic rings. The molecule has 0 aliphatic heterocycles. The van der Waals surface area contributed by atoms with Gasteiger partial charge in [0.05, 0.1) is 5.69 Å². The minimum absolute atomic E-state index is 0.138. The molecule has 0 unspecified atom stereocenters. The Morgan fingerprint density at radius 2 is 2.10 bits per heavy atom. The second kappa shape index (κ2) is 5.02. The number of nitrogens with zero attached hydrogens (tertiary/aromatic N) is 2. The lowest BCUT2D eigenvalue weighted by molar-refractivity contribution is 0.587. The van der Waals surface area contributed by atoms with Gasteiger partial charge in [0.15, 0.2) is 0 Å². The van der Waals surface area contributed by atoms with Crippen molar-refractivity contribution >= 4 is 0 Å². The summed E-state index contributed by atoms with van der Waals surface area (Å²) in [4.78, 5) is 0. The third-order valence-corrected chi connectivity index (χ3v) is 4.00. The second-order valence-electron chi connectivity index (χ2n) is 5.63. The van der Waals surface area contributed by atoms with E-state index in [2.05, 4.69) is 10.4 Å². The Bertz CT molecular complexity index is 641. The van der Waals surface area contributed by atoms with Crippen molar-refractivity contribution in [3.8, 4) is 11.1 Å². The molecule has 1 heterocycles. The SMILES string of the molecule is Cc1nn(C)c(C)c1-c1ccc(F)c(CNC2CC2)c1. The number of aromatic nitrogens is 2. The van der Waals surface area contributed by atoms with E-state index in [4.69, 9.17) is 0 Å². The lowest BCUT2D eigenvalue weighted by Crippen LogP contribution is -2.16. The molecule has 1 aromatic heterocycles. The van der Waals surface area contributed by atoms with Crippen LogP contribution in [0.4, 0.5) is 4.39 Å². The van der Waals surface area contributed by atoms with Crippen LogP contribution in [-0.4, -0.2) is 15.8 Å². The third kappa shape index (κ3) is 2.48. The molecule has 1 aliphatic carbocycles. The predicted octanol–water partition coefficient (Wildman–Crippen LogP) is 3.10. The molecule has 3 rings (SSSR count). The largest absolute Gasteiger partial charge is 0.310 e. The van der Waals surface area contributed by atoms with Gasteiger partial charge in [0.1, 0.15) is 5.82 Å². The predicted molar refractivity (Wildman–Crippen MR) is 77.9 cm³/mol.